The number of esters is 1. The van der Waals surface area contributed by atoms with Gasteiger partial charge in [0.15, 0.2) is 6.10 Å². The molecule has 0 unspecified atom stereocenters. The number of ether oxygens (including phenoxy) is 1. The van der Waals surface area contributed by atoms with Crippen LogP contribution < -0.4 is 10.6 Å². The van der Waals surface area contributed by atoms with Crippen LogP contribution in [0.3, 0.4) is 0 Å². The van der Waals surface area contributed by atoms with Crippen LogP contribution in [0.2, 0.25) is 0 Å². The minimum atomic E-state index is -1.04. The first-order valence-corrected chi connectivity index (χ1v) is 9.79. The van der Waals surface area contributed by atoms with Gasteiger partial charge in [-0.3, -0.25) is 14.9 Å². The first-order valence-electron chi connectivity index (χ1n) is 9.79. The van der Waals surface area contributed by atoms with E-state index in [0.29, 0.717) is 0 Å². The Hall–Kier alpha value is -2.37. The Labute approximate surface area is 161 Å². The standard InChI is InChI=1S/C21H30N2O4/c1-4-14(2)18(16-10-6-5-7-11-16)20(25)27-15(3)19(24)23-21(26)22-17-12-8-9-13-17/h5-7,10-11,14-15,17-18H,4,8-9,12-13H2,1-3H3,(H2,22,23,24,26)/t14-,15+,18-/m1/s1. The maximum Gasteiger partial charge on any atom is 0.321 e. The van der Waals surface area contributed by atoms with Crippen LogP contribution in [0.4, 0.5) is 4.79 Å². The predicted octanol–water partition coefficient (Wildman–Crippen LogP) is 3.52. The Balaban J connectivity index is 1.93. The van der Waals surface area contributed by atoms with E-state index in [1.165, 1.54) is 6.92 Å². The first-order chi connectivity index (χ1) is 12.9. The minimum absolute atomic E-state index is 0.0702. The lowest BCUT2D eigenvalue weighted by Crippen LogP contribution is -2.47. The van der Waals surface area contributed by atoms with Gasteiger partial charge < -0.3 is 10.1 Å². The van der Waals surface area contributed by atoms with Gasteiger partial charge in [-0.15, -0.1) is 0 Å². The number of hydrogen-bond acceptors (Lipinski definition) is 4. The molecule has 1 fully saturated rings. The molecule has 6 nitrogen and oxygen atoms in total. The molecule has 6 heteroatoms. The molecule has 27 heavy (non-hydrogen) atoms. The molecule has 2 N–H and O–H groups in total. The number of hydrogen-bond donors (Lipinski definition) is 2. The molecule has 0 spiro atoms. The lowest BCUT2D eigenvalue weighted by Gasteiger charge is -2.24. The summed E-state index contributed by atoms with van der Waals surface area (Å²) in [5.41, 5.74) is 0.864. The number of nitrogens with one attached hydrogen (secondary N) is 2. The second-order valence-corrected chi connectivity index (χ2v) is 7.30. The van der Waals surface area contributed by atoms with Gasteiger partial charge in [-0.2, -0.15) is 0 Å². The molecule has 1 aliphatic rings. The van der Waals surface area contributed by atoms with Crippen LogP contribution in [0.15, 0.2) is 30.3 Å². The van der Waals surface area contributed by atoms with Crippen LogP contribution in [0, 0.1) is 5.92 Å². The van der Waals surface area contributed by atoms with Crippen LogP contribution in [-0.2, 0) is 14.3 Å². The highest BCUT2D eigenvalue weighted by molar-refractivity contribution is 5.97. The Morgan fingerprint density at radius 3 is 2.33 bits per heavy atom. The summed E-state index contributed by atoms with van der Waals surface area (Å²) in [5.74, 6) is -1.44. The van der Waals surface area contributed by atoms with Gasteiger partial charge in [0.05, 0.1) is 5.92 Å². The molecule has 1 aromatic carbocycles. The number of carbonyl (C=O) groups excluding carboxylic acids is 3. The van der Waals surface area contributed by atoms with E-state index >= 15 is 0 Å². The molecular formula is C21H30N2O4. The Kier molecular flexibility index (Phi) is 7.82. The number of amides is 3. The van der Waals surface area contributed by atoms with Crippen molar-refractivity contribution in [3.63, 3.8) is 0 Å². The van der Waals surface area contributed by atoms with Crippen LogP contribution in [0.1, 0.15) is 64.4 Å². The highest BCUT2D eigenvalue weighted by Crippen LogP contribution is 2.28. The Morgan fingerprint density at radius 1 is 1.11 bits per heavy atom. The Morgan fingerprint density at radius 2 is 1.74 bits per heavy atom. The zero-order chi connectivity index (χ0) is 19.8. The van der Waals surface area contributed by atoms with Crippen molar-refractivity contribution in [2.75, 3.05) is 0 Å². The lowest BCUT2D eigenvalue weighted by molar-refractivity contribution is -0.157. The maximum absolute atomic E-state index is 12.7. The summed E-state index contributed by atoms with van der Waals surface area (Å²) in [6.07, 6.45) is 3.80. The topological polar surface area (TPSA) is 84.5 Å². The number of benzene rings is 1. The molecule has 1 aliphatic carbocycles. The van der Waals surface area contributed by atoms with Gasteiger partial charge in [-0.1, -0.05) is 63.4 Å². The minimum Gasteiger partial charge on any atom is -0.452 e. The van der Waals surface area contributed by atoms with E-state index < -0.39 is 29.9 Å². The molecule has 148 valence electrons. The van der Waals surface area contributed by atoms with E-state index in [1.54, 1.807) is 0 Å². The molecule has 3 atom stereocenters. The SMILES string of the molecule is CC[C@@H](C)[C@@H](C(=O)O[C@@H](C)C(=O)NC(=O)NC1CCCC1)c1ccccc1. The molecule has 0 aliphatic heterocycles. The van der Waals surface area contributed by atoms with E-state index in [2.05, 4.69) is 10.6 Å². The average Bonchev–Trinajstić information content (AvgIpc) is 3.15. The van der Waals surface area contributed by atoms with Gasteiger partial charge in [-0.05, 0) is 31.2 Å². The highest BCUT2D eigenvalue weighted by atomic mass is 16.5. The van der Waals surface area contributed by atoms with Crippen molar-refractivity contribution in [1.82, 2.24) is 10.6 Å². The monoisotopic (exact) mass is 374 g/mol. The second-order valence-electron chi connectivity index (χ2n) is 7.30. The van der Waals surface area contributed by atoms with Crippen molar-refractivity contribution in [2.24, 2.45) is 5.92 Å². The van der Waals surface area contributed by atoms with Gasteiger partial charge in [0.1, 0.15) is 0 Å². The van der Waals surface area contributed by atoms with E-state index in [0.717, 1.165) is 37.7 Å². The third kappa shape index (κ3) is 6.08. The van der Waals surface area contributed by atoms with Crippen molar-refractivity contribution in [3.8, 4) is 0 Å². The zero-order valence-electron chi connectivity index (χ0n) is 16.4. The molecular weight excluding hydrogens is 344 g/mol. The van der Waals surface area contributed by atoms with Gasteiger partial charge >= 0.3 is 12.0 Å². The quantitative estimate of drug-likeness (QED) is 0.715. The fraction of sp³-hybridized carbons (Fsp3) is 0.571. The van der Waals surface area contributed by atoms with Crippen LogP contribution in [0.25, 0.3) is 0 Å². The molecule has 1 aromatic rings. The molecule has 1 saturated carbocycles. The highest BCUT2D eigenvalue weighted by Gasteiger charge is 2.30. The molecule has 0 bridgehead atoms. The third-order valence-electron chi connectivity index (χ3n) is 5.21. The van der Waals surface area contributed by atoms with Gasteiger partial charge in [0.2, 0.25) is 0 Å². The summed E-state index contributed by atoms with van der Waals surface area (Å²) in [6, 6.07) is 9.00. The summed E-state index contributed by atoms with van der Waals surface area (Å²) in [6.45, 7) is 5.48. The number of imide groups is 1. The summed E-state index contributed by atoms with van der Waals surface area (Å²) in [5, 5.41) is 5.05. The van der Waals surface area contributed by atoms with Gasteiger partial charge in [-0.25, -0.2) is 4.79 Å². The van der Waals surface area contributed by atoms with E-state index in [9.17, 15) is 14.4 Å². The van der Waals surface area contributed by atoms with Crippen LogP contribution in [-0.4, -0.2) is 30.1 Å². The molecule has 0 radical (unpaired) electrons. The third-order valence-corrected chi connectivity index (χ3v) is 5.21. The van der Waals surface area contributed by atoms with Crippen molar-refractivity contribution in [2.45, 2.75) is 70.9 Å². The summed E-state index contributed by atoms with van der Waals surface area (Å²) in [4.78, 5) is 36.9. The van der Waals surface area contributed by atoms with E-state index in [-0.39, 0.29) is 12.0 Å². The van der Waals surface area contributed by atoms with Crippen molar-refractivity contribution in [1.29, 1.82) is 0 Å². The number of urea groups is 1. The average molecular weight is 374 g/mol. The number of carbonyl (C=O) groups is 3. The molecule has 0 heterocycles. The van der Waals surface area contributed by atoms with Crippen LogP contribution in [0.5, 0.6) is 0 Å². The normalized spacial score (nSPS) is 17.6. The smallest absolute Gasteiger partial charge is 0.321 e. The largest absolute Gasteiger partial charge is 0.452 e. The number of rotatable bonds is 7. The Bertz CT molecular complexity index is 641. The molecule has 2 rings (SSSR count). The zero-order valence-corrected chi connectivity index (χ0v) is 16.4. The predicted molar refractivity (Wildman–Crippen MR) is 103 cm³/mol. The first kappa shape index (κ1) is 20.9. The van der Waals surface area contributed by atoms with Gasteiger partial charge in [0.25, 0.3) is 5.91 Å². The summed E-state index contributed by atoms with van der Waals surface area (Å²) in [7, 11) is 0. The summed E-state index contributed by atoms with van der Waals surface area (Å²) < 4.78 is 5.39. The second kappa shape index (κ2) is 10.1. The lowest BCUT2D eigenvalue weighted by atomic mass is 9.85. The molecule has 0 saturated heterocycles. The van der Waals surface area contributed by atoms with Gasteiger partial charge in [0, 0.05) is 6.04 Å². The van der Waals surface area contributed by atoms with E-state index in [4.69, 9.17) is 4.74 Å². The van der Waals surface area contributed by atoms with Crippen LogP contribution >= 0.6 is 0 Å². The van der Waals surface area contributed by atoms with E-state index in [1.807, 2.05) is 44.2 Å². The fourth-order valence-electron chi connectivity index (χ4n) is 3.40. The summed E-state index contributed by atoms with van der Waals surface area (Å²) >= 11 is 0. The van der Waals surface area contributed by atoms with Crippen molar-refractivity contribution < 1.29 is 19.1 Å². The molecule has 0 aromatic heterocycles. The maximum atomic E-state index is 12.7. The molecule has 3 amide bonds. The van der Waals surface area contributed by atoms with Crippen molar-refractivity contribution in [3.05, 3.63) is 35.9 Å². The fourth-order valence-corrected chi connectivity index (χ4v) is 3.40. The van der Waals surface area contributed by atoms with Crippen molar-refractivity contribution >= 4 is 17.9 Å².